The first-order valence-electron chi connectivity index (χ1n) is 11.3. The number of aromatic nitrogens is 4. The number of alkyl halides is 2. The highest BCUT2D eigenvalue weighted by Crippen LogP contribution is 2.43. The molecule has 1 aliphatic heterocycles. The van der Waals surface area contributed by atoms with Crippen LogP contribution in [0.5, 0.6) is 0 Å². The number of hydrogen-bond donors (Lipinski definition) is 0. The van der Waals surface area contributed by atoms with Gasteiger partial charge in [-0.15, -0.1) is 32.9 Å². The fourth-order valence-electron chi connectivity index (χ4n) is 5.39. The minimum atomic E-state index is -2.56. The maximum atomic E-state index is 13.1. The number of carbonyl (C=O) groups is 1. The van der Waals surface area contributed by atoms with Gasteiger partial charge in [-0.1, -0.05) is 11.6 Å². The van der Waals surface area contributed by atoms with Crippen LogP contribution in [0.25, 0.3) is 4.96 Å². The molecular weight excluding hydrogens is 514 g/mol. The lowest BCUT2D eigenvalue weighted by Gasteiger charge is -2.33. The molecule has 12 heteroatoms. The summed E-state index contributed by atoms with van der Waals surface area (Å²) in [6.07, 6.45) is 3.41. The van der Waals surface area contributed by atoms with Crippen LogP contribution in [0, 0.1) is 11.8 Å². The molecular formula is C23H21ClF2N6OS2. The summed E-state index contributed by atoms with van der Waals surface area (Å²) in [4.78, 5) is 23.1. The Balaban J connectivity index is 1.25. The molecule has 1 saturated carbocycles. The SMILES string of the molecule is O=C(c1ccc(C(F)F)s1)N1C[C@@H]2CC[C@@H](N(Cc3cn4ccsc4n3)c3ccc(Cl)nn3)[C@@H]2C1. The zero-order valence-electron chi connectivity index (χ0n) is 18.4. The van der Waals surface area contributed by atoms with Gasteiger partial charge in [-0.25, -0.2) is 13.8 Å². The summed E-state index contributed by atoms with van der Waals surface area (Å²) in [5.41, 5.74) is 0.932. The number of thiophene rings is 1. The van der Waals surface area contributed by atoms with E-state index in [2.05, 4.69) is 15.1 Å². The lowest BCUT2D eigenvalue weighted by Crippen LogP contribution is -2.41. The molecule has 7 nitrogen and oxygen atoms in total. The highest BCUT2D eigenvalue weighted by Gasteiger charge is 2.47. The molecule has 3 atom stereocenters. The minimum absolute atomic E-state index is 0.0712. The van der Waals surface area contributed by atoms with Crippen molar-refractivity contribution in [2.24, 2.45) is 11.8 Å². The molecule has 1 amide bonds. The van der Waals surface area contributed by atoms with Crippen molar-refractivity contribution in [1.82, 2.24) is 24.5 Å². The summed E-state index contributed by atoms with van der Waals surface area (Å²) in [5, 5.41) is 10.7. The fraction of sp³-hybridized carbons (Fsp3) is 0.391. The molecule has 2 fully saturated rings. The Morgan fingerprint density at radius 3 is 2.83 bits per heavy atom. The molecule has 5 heterocycles. The van der Waals surface area contributed by atoms with E-state index in [1.807, 2.05) is 33.1 Å². The summed E-state index contributed by atoms with van der Waals surface area (Å²) in [6.45, 7) is 1.79. The number of likely N-dealkylation sites (tertiary alicyclic amines) is 1. The Morgan fingerprint density at radius 1 is 1.20 bits per heavy atom. The molecule has 0 radical (unpaired) electrons. The van der Waals surface area contributed by atoms with Crippen molar-refractivity contribution >= 4 is 51.0 Å². The van der Waals surface area contributed by atoms with Crippen molar-refractivity contribution in [3.63, 3.8) is 0 Å². The first kappa shape index (κ1) is 22.8. The lowest BCUT2D eigenvalue weighted by molar-refractivity contribution is 0.0784. The molecule has 182 valence electrons. The van der Waals surface area contributed by atoms with Crippen molar-refractivity contribution in [1.29, 1.82) is 0 Å². The predicted octanol–water partition coefficient (Wildman–Crippen LogP) is 5.40. The van der Waals surface area contributed by atoms with Crippen LogP contribution in [-0.2, 0) is 6.54 Å². The third kappa shape index (κ3) is 4.30. The topological polar surface area (TPSA) is 66.6 Å². The van der Waals surface area contributed by atoms with Gasteiger partial charge in [0, 0.05) is 42.8 Å². The van der Waals surface area contributed by atoms with Crippen LogP contribution in [0.2, 0.25) is 5.15 Å². The Bertz CT molecular complexity index is 1330. The van der Waals surface area contributed by atoms with Gasteiger partial charge in [0.2, 0.25) is 0 Å². The standard InChI is InChI=1S/C23H21ClF2N6OS2/c24-19-5-6-20(29-28-19)32(11-14-10-30-7-8-34-23(30)27-14)16-2-1-13-9-31(12-15(13)16)22(33)18-4-3-17(35-18)21(25)26/h3-8,10,13,15-16,21H,1-2,9,11-12H2/t13-,15+,16+/m0/s1. The highest BCUT2D eigenvalue weighted by atomic mass is 35.5. The molecule has 4 aromatic rings. The predicted molar refractivity (Wildman–Crippen MR) is 131 cm³/mol. The number of nitrogens with zero attached hydrogens (tertiary/aromatic N) is 6. The van der Waals surface area contributed by atoms with Gasteiger partial charge in [-0.3, -0.25) is 9.20 Å². The van der Waals surface area contributed by atoms with E-state index in [9.17, 15) is 13.6 Å². The number of amides is 1. The van der Waals surface area contributed by atoms with Gasteiger partial charge < -0.3 is 9.80 Å². The van der Waals surface area contributed by atoms with Crippen LogP contribution in [0.3, 0.4) is 0 Å². The summed E-state index contributed by atoms with van der Waals surface area (Å²) in [7, 11) is 0. The monoisotopic (exact) mass is 534 g/mol. The normalized spacial score (nSPS) is 21.8. The second-order valence-corrected chi connectivity index (χ2v) is 11.3. The highest BCUT2D eigenvalue weighted by molar-refractivity contribution is 7.15. The van der Waals surface area contributed by atoms with Crippen LogP contribution in [-0.4, -0.2) is 49.5 Å². The van der Waals surface area contributed by atoms with E-state index in [0.717, 1.165) is 40.7 Å². The molecule has 0 spiro atoms. The van der Waals surface area contributed by atoms with Crippen LogP contribution in [0.15, 0.2) is 42.0 Å². The average Bonchev–Trinajstić information content (AvgIpc) is 3.64. The zero-order valence-corrected chi connectivity index (χ0v) is 20.8. The maximum Gasteiger partial charge on any atom is 0.272 e. The molecule has 0 aromatic carbocycles. The molecule has 0 bridgehead atoms. The Labute approximate surface area is 213 Å². The van der Waals surface area contributed by atoms with Gasteiger partial charge >= 0.3 is 0 Å². The number of fused-ring (bicyclic) bond motifs is 2. The Morgan fingerprint density at radius 2 is 2.09 bits per heavy atom. The third-order valence-corrected chi connectivity index (χ3v) is 9.00. The van der Waals surface area contributed by atoms with Gasteiger partial charge in [0.1, 0.15) is 0 Å². The largest absolute Gasteiger partial charge is 0.346 e. The number of imidazole rings is 1. The van der Waals surface area contributed by atoms with E-state index in [-0.39, 0.29) is 22.7 Å². The van der Waals surface area contributed by atoms with Gasteiger partial charge in [0.05, 0.1) is 22.0 Å². The van der Waals surface area contributed by atoms with E-state index in [1.165, 1.54) is 12.1 Å². The molecule has 4 aromatic heterocycles. The molecule has 1 aliphatic carbocycles. The van der Waals surface area contributed by atoms with Gasteiger partial charge in [-0.2, -0.15) is 0 Å². The Kier molecular flexibility index (Phi) is 5.93. The van der Waals surface area contributed by atoms with Crippen molar-refractivity contribution < 1.29 is 13.6 Å². The first-order valence-corrected chi connectivity index (χ1v) is 13.4. The van der Waals surface area contributed by atoms with Crippen molar-refractivity contribution in [2.75, 3.05) is 18.0 Å². The van der Waals surface area contributed by atoms with Gasteiger partial charge in [-0.05, 0) is 43.0 Å². The maximum absolute atomic E-state index is 13.1. The first-order chi connectivity index (χ1) is 17.0. The fourth-order valence-corrected chi connectivity index (χ4v) is 7.04. The summed E-state index contributed by atoms with van der Waals surface area (Å²) in [6, 6.07) is 6.61. The van der Waals surface area contributed by atoms with Crippen molar-refractivity contribution in [2.45, 2.75) is 31.9 Å². The summed E-state index contributed by atoms with van der Waals surface area (Å²) >= 11 is 8.47. The van der Waals surface area contributed by atoms with E-state index in [1.54, 1.807) is 17.4 Å². The van der Waals surface area contributed by atoms with Crippen LogP contribution >= 0.6 is 34.3 Å². The second-order valence-electron chi connectivity index (χ2n) is 8.95. The van der Waals surface area contributed by atoms with Crippen LogP contribution in [0.4, 0.5) is 14.6 Å². The number of halogens is 3. The van der Waals surface area contributed by atoms with Crippen LogP contribution in [0.1, 0.15) is 39.5 Å². The molecule has 2 aliphatic rings. The van der Waals surface area contributed by atoms with Crippen molar-refractivity contribution in [3.8, 4) is 0 Å². The van der Waals surface area contributed by atoms with Gasteiger partial charge in [0.15, 0.2) is 15.9 Å². The molecule has 0 N–H and O–H groups in total. The van der Waals surface area contributed by atoms with E-state index in [4.69, 9.17) is 16.6 Å². The zero-order chi connectivity index (χ0) is 24.1. The number of thiazole rings is 1. The third-order valence-electron chi connectivity index (χ3n) is 6.95. The molecule has 0 unspecified atom stereocenters. The quantitative estimate of drug-likeness (QED) is 0.331. The van der Waals surface area contributed by atoms with E-state index >= 15 is 0 Å². The number of carbonyl (C=O) groups excluding carboxylic acids is 1. The lowest BCUT2D eigenvalue weighted by atomic mass is 9.96. The minimum Gasteiger partial charge on any atom is -0.346 e. The summed E-state index contributed by atoms with van der Waals surface area (Å²) in [5.74, 6) is 1.16. The molecule has 6 rings (SSSR count). The van der Waals surface area contributed by atoms with E-state index in [0.29, 0.717) is 35.6 Å². The molecule has 1 saturated heterocycles. The van der Waals surface area contributed by atoms with E-state index < -0.39 is 6.43 Å². The number of hydrogen-bond acceptors (Lipinski definition) is 7. The molecule has 35 heavy (non-hydrogen) atoms. The Hall–Kier alpha value is -2.63. The van der Waals surface area contributed by atoms with Crippen molar-refractivity contribution in [3.05, 3.63) is 62.6 Å². The second kappa shape index (κ2) is 9.11. The smallest absolute Gasteiger partial charge is 0.272 e. The summed E-state index contributed by atoms with van der Waals surface area (Å²) < 4.78 is 28.0. The number of anilines is 1. The van der Waals surface area contributed by atoms with Crippen LogP contribution < -0.4 is 4.90 Å². The van der Waals surface area contributed by atoms with Gasteiger partial charge in [0.25, 0.3) is 12.3 Å². The average molecular weight is 535 g/mol. The number of rotatable bonds is 6.